The van der Waals surface area contributed by atoms with Gasteiger partial charge >= 0.3 is 5.97 Å². The second-order valence-corrected chi connectivity index (χ2v) is 6.36. The quantitative estimate of drug-likeness (QED) is 0.460. The summed E-state index contributed by atoms with van der Waals surface area (Å²) in [5.41, 5.74) is 0.363. The number of carbonyl (C=O) groups is 2. The largest absolute Gasteiger partial charge is 0.452 e. The molecule has 1 atom stereocenters. The van der Waals surface area contributed by atoms with Crippen LogP contribution in [0, 0.1) is 10.1 Å². The van der Waals surface area contributed by atoms with E-state index in [2.05, 4.69) is 0 Å². The van der Waals surface area contributed by atoms with E-state index < -0.39 is 10.9 Å². The first-order valence-corrected chi connectivity index (χ1v) is 8.23. The number of amides is 1. The second-order valence-electron chi connectivity index (χ2n) is 6.36. The highest BCUT2D eigenvalue weighted by Gasteiger charge is 2.25. The Balaban J connectivity index is 2.10. The van der Waals surface area contributed by atoms with Crippen LogP contribution in [-0.4, -0.2) is 55.0 Å². The number of esters is 1. The number of rotatable bonds is 5. The Morgan fingerprint density at radius 2 is 2.08 bits per heavy atom. The van der Waals surface area contributed by atoms with Crippen molar-refractivity contribution >= 4 is 23.3 Å². The van der Waals surface area contributed by atoms with Crippen molar-refractivity contribution in [1.29, 1.82) is 0 Å². The molecule has 1 fully saturated rings. The van der Waals surface area contributed by atoms with Gasteiger partial charge in [-0.2, -0.15) is 0 Å². The number of nitrogens with zero attached hydrogens (tertiary/aromatic N) is 3. The van der Waals surface area contributed by atoms with Crippen LogP contribution in [0.1, 0.15) is 36.5 Å². The van der Waals surface area contributed by atoms with Crippen molar-refractivity contribution in [2.75, 3.05) is 32.1 Å². The molecule has 0 saturated carbocycles. The van der Waals surface area contributed by atoms with Gasteiger partial charge in [0.2, 0.25) is 0 Å². The van der Waals surface area contributed by atoms with Crippen molar-refractivity contribution in [2.45, 2.75) is 32.2 Å². The molecule has 0 unspecified atom stereocenters. The zero-order chi connectivity index (χ0) is 18.6. The summed E-state index contributed by atoms with van der Waals surface area (Å²) in [6, 6.07) is 4.12. The molecule has 1 heterocycles. The minimum atomic E-state index is -0.745. The Kier molecular flexibility index (Phi) is 5.95. The molecule has 1 amide bonds. The van der Waals surface area contributed by atoms with Crippen LogP contribution in [0.2, 0.25) is 0 Å². The molecular formula is C17H23N3O5. The number of piperidine rings is 1. The van der Waals surface area contributed by atoms with Crippen molar-refractivity contribution in [3.8, 4) is 0 Å². The molecular weight excluding hydrogens is 326 g/mol. The van der Waals surface area contributed by atoms with Crippen LogP contribution < -0.4 is 4.90 Å². The molecule has 8 heteroatoms. The molecule has 0 spiro atoms. The van der Waals surface area contributed by atoms with Crippen molar-refractivity contribution in [3.63, 3.8) is 0 Å². The highest BCUT2D eigenvalue weighted by molar-refractivity contribution is 5.97. The molecule has 136 valence electrons. The normalized spacial score (nSPS) is 17.1. The zero-order valence-electron chi connectivity index (χ0n) is 14.7. The lowest BCUT2D eigenvalue weighted by Gasteiger charge is -2.33. The first-order chi connectivity index (χ1) is 11.8. The van der Waals surface area contributed by atoms with E-state index in [9.17, 15) is 19.7 Å². The fraction of sp³-hybridized carbons (Fsp3) is 0.529. The minimum Gasteiger partial charge on any atom is -0.452 e. The Morgan fingerprint density at radius 3 is 2.68 bits per heavy atom. The Labute approximate surface area is 146 Å². The molecule has 0 aliphatic carbocycles. The van der Waals surface area contributed by atoms with E-state index in [4.69, 9.17) is 4.74 Å². The highest BCUT2D eigenvalue weighted by Crippen LogP contribution is 2.25. The molecule has 0 N–H and O–H groups in total. The summed E-state index contributed by atoms with van der Waals surface area (Å²) in [4.78, 5) is 38.4. The smallest absolute Gasteiger partial charge is 0.341 e. The van der Waals surface area contributed by atoms with Crippen LogP contribution in [0.5, 0.6) is 0 Å². The summed E-state index contributed by atoms with van der Waals surface area (Å²) in [6.45, 7) is 2.28. The van der Waals surface area contributed by atoms with Gasteiger partial charge in [0.15, 0.2) is 6.61 Å². The van der Waals surface area contributed by atoms with Crippen LogP contribution in [0.25, 0.3) is 0 Å². The number of anilines is 1. The summed E-state index contributed by atoms with van der Waals surface area (Å²) in [6.07, 6.45) is 2.97. The molecule has 1 aliphatic rings. The van der Waals surface area contributed by atoms with E-state index in [1.54, 1.807) is 23.9 Å². The van der Waals surface area contributed by atoms with Gasteiger partial charge in [-0.3, -0.25) is 14.9 Å². The second kappa shape index (κ2) is 7.96. The molecule has 1 aromatic carbocycles. The topological polar surface area (TPSA) is 93.0 Å². The molecule has 0 aromatic heterocycles. The van der Waals surface area contributed by atoms with Crippen molar-refractivity contribution in [2.24, 2.45) is 0 Å². The summed E-state index contributed by atoms with van der Waals surface area (Å²) in [5, 5.41) is 10.9. The van der Waals surface area contributed by atoms with Gasteiger partial charge < -0.3 is 14.5 Å². The number of hydrogen-bond acceptors (Lipinski definition) is 6. The molecule has 0 bridgehead atoms. The Bertz CT molecular complexity index is 674. The molecule has 2 rings (SSSR count). The standard InChI is InChI=1S/C17H23N3O5/c1-12-6-4-5-9-19(12)16(21)11-25-17(22)14-10-13(20(23)24)7-8-15(14)18(2)3/h7-8,10,12H,4-6,9,11H2,1-3H3/t12-/m1/s1. The third-order valence-corrected chi connectivity index (χ3v) is 4.34. The van der Waals surface area contributed by atoms with Gasteiger partial charge in [0.1, 0.15) is 0 Å². The first kappa shape index (κ1) is 18.7. The average molecular weight is 349 g/mol. The van der Waals surface area contributed by atoms with Gasteiger partial charge in [-0.05, 0) is 32.3 Å². The predicted octanol–water partition coefficient (Wildman–Crippen LogP) is 2.22. The van der Waals surface area contributed by atoms with E-state index in [1.807, 2.05) is 6.92 Å². The highest BCUT2D eigenvalue weighted by atomic mass is 16.6. The maximum Gasteiger partial charge on any atom is 0.341 e. The van der Waals surface area contributed by atoms with Gasteiger partial charge in [0, 0.05) is 38.8 Å². The van der Waals surface area contributed by atoms with E-state index in [-0.39, 0.29) is 29.8 Å². The minimum absolute atomic E-state index is 0.0682. The van der Waals surface area contributed by atoms with Crippen molar-refractivity contribution in [3.05, 3.63) is 33.9 Å². The number of benzene rings is 1. The molecule has 8 nitrogen and oxygen atoms in total. The van der Waals surface area contributed by atoms with Crippen LogP contribution in [0.3, 0.4) is 0 Å². The summed E-state index contributed by atoms with van der Waals surface area (Å²) in [7, 11) is 3.44. The number of carbonyl (C=O) groups excluding carboxylic acids is 2. The SMILES string of the molecule is C[C@@H]1CCCCN1C(=O)COC(=O)c1cc([N+](=O)[O-])ccc1N(C)C. The number of nitro benzene ring substituents is 1. The summed E-state index contributed by atoms with van der Waals surface area (Å²) < 4.78 is 5.14. The Morgan fingerprint density at radius 1 is 1.36 bits per heavy atom. The number of nitro groups is 1. The lowest BCUT2D eigenvalue weighted by molar-refractivity contribution is -0.384. The van der Waals surface area contributed by atoms with Crippen LogP contribution in [-0.2, 0) is 9.53 Å². The van der Waals surface area contributed by atoms with Crippen molar-refractivity contribution in [1.82, 2.24) is 4.90 Å². The van der Waals surface area contributed by atoms with Crippen LogP contribution in [0.4, 0.5) is 11.4 Å². The van der Waals surface area contributed by atoms with E-state index in [0.29, 0.717) is 12.2 Å². The number of non-ortho nitro benzene ring substituents is 1. The summed E-state index contributed by atoms with van der Waals surface area (Å²) >= 11 is 0. The monoisotopic (exact) mass is 349 g/mol. The predicted molar refractivity (Wildman–Crippen MR) is 92.7 cm³/mol. The lowest BCUT2D eigenvalue weighted by Crippen LogP contribution is -2.44. The number of hydrogen-bond donors (Lipinski definition) is 0. The number of ether oxygens (including phenoxy) is 1. The third-order valence-electron chi connectivity index (χ3n) is 4.34. The lowest BCUT2D eigenvalue weighted by atomic mass is 10.0. The van der Waals surface area contributed by atoms with E-state index in [1.165, 1.54) is 18.2 Å². The van der Waals surface area contributed by atoms with Crippen molar-refractivity contribution < 1.29 is 19.2 Å². The Hall–Kier alpha value is -2.64. The summed E-state index contributed by atoms with van der Waals surface area (Å²) in [5.74, 6) is -0.984. The van der Waals surface area contributed by atoms with Gasteiger partial charge in [0.25, 0.3) is 11.6 Å². The van der Waals surface area contributed by atoms with E-state index >= 15 is 0 Å². The van der Waals surface area contributed by atoms with Gasteiger partial charge in [-0.15, -0.1) is 0 Å². The first-order valence-electron chi connectivity index (χ1n) is 8.23. The molecule has 1 aromatic rings. The fourth-order valence-electron chi connectivity index (χ4n) is 2.95. The maximum atomic E-state index is 12.4. The van der Waals surface area contributed by atoms with Gasteiger partial charge in [-0.25, -0.2) is 4.79 Å². The van der Waals surface area contributed by atoms with E-state index in [0.717, 1.165) is 19.3 Å². The van der Waals surface area contributed by atoms with Gasteiger partial charge in [0.05, 0.1) is 16.2 Å². The van der Waals surface area contributed by atoms with Crippen LogP contribution >= 0.6 is 0 Å². The molecule has 25 heavy (non-hydrogen) atoms. The third kappa shape index (κ3) is 4.46. The van der Waals surface area contributed by atoms with Crippen LogP contribution in [0.15, 0.2) is 18.2 Å². The molecule has 0 radical (unpaired) electrons. The fourth-order valence-corrected chi connectivity index (χ4v) is 2.95. The molecule has 1 aliphatic heterocycles. The molecule has 1 saturated heterocycles. The number of likely N-dealkylation sites (tertiary alicyclic amines) is 1. The maximum absolute atomic E-state index is 12.4. The average Bonchev–Trinajstić information content (AvgIpc) is 2.59. The zero-order valence-corrected chi connectivity index (χ0v) is 14.7. The van der Waals surface area contributed by atoms with Gasteiger partial charge in [-0.1, -0.05) is 0 Å².